The number of aryl methyl sites for hydroxylation is 1. The maximum atomic E-state index is 13.4. The van der Waals surface area contributed by atoms with Crippen LogP contribution < -0.4 is 11.1 Å². The van der Waals surface area contributed by atoms with Gasteiger partial charge in [-0.3, -0.25) is 14.3 Å². The average Bonchev–Trinajstić information content (AvgIpc) is 2.74. The predicted molar refractivity (Wildman–Crippen MR) is 79.0 cm³/mol. The molecule has 1 aliphatic carbocycles. The van der Waals surface area contributed by atoms with E-state index in [-0.39, 0.29) is 17.8 Å². The lowest BCUT2D eigenvalue weighted by atomic mass is 9.86. The molecule has 2 rings (SSSR count). The van der Waals surface area contributed by atoms with Crippen LogP contribution in [0.1, 0.15) is 36.0 Å². The third kappa shape index (κ3) is 3.40. The lowest BCUT2D eigenvalue weighted by molar-refractivity contribution is -0.127. The third-order valence-electron chi connectivity index (χ3n) is 3.71. The Labute approximate surface area is 130 Å². The molecule has 1 aromatic heterocycles. The molecule has 2 amide bonds. The fourth-order valence-electron chi connectivity index (χ4n) is 2.62. The molecule has 1 atom stereocenters. The Morgan fingerprint density at radius 2 is 2.18 bits per heavy atom. The highest BCUT2D eigenvalue weighted by atomic mass is 32.2. The van der Waals surface area contributed by atoms with Crippen molar-refractivity contribution < 1.29 is 18.4 Å². The number of carbonyl (C=O) groups excluding carboxylic acids is 2. The van der Waals surface area contributed by atoms with Crippen LogP contribution in [0.25, 0.3) is 0 Å². The minimum atomic E-state index is -2.82. The minimum Gasteiger partial charge on any atom is -0.365 e. The van der Waals surface area contributed by atoms with Crippen LogP contribution in [0, 0.1) is 5.92 Å². The highest BCUT2D eigenvalue weighted by Gasteiger charge is 2.39. The molecule has 0 unspecified atom stereocenters. The van der Waals surface area contributed by atoms with Crippen LogP contribution in [-0.2, 0) is 11.8 Å². The lowest BCUT2D eigenvalue weighted by Crippen LogP contribution is -2.34. The number of hydrogen-bond acceptors (Lipinski definition) is 4. The molecule has 3 N–H and O–H groups in total. The van der Waals surface area contributed by atoms with Crippen molar-refractivity contribution >= 4 is 29.4 Å². The van der Waals surface area contributed by atoms with Crippen LogP contribution in [0.5, 0.6) is 0 Å². The number of anilines is 1. The summed E-state index contributed by atoms with van der Waals surface area (Å²) in [5.41, 5.74) is 5.43. The smallest absolute Gasteiger partial charge is 0.255 e. The SMILES string of the molecule is CSc1nn(C)c(NC(=O)[C@H]2CCCC(F)(F)C2)c1C(N)=O. The normalized spacial score (nSPS) is 20.6. The van der Waals surface area contributed by atoms with Gasteiger partial charge in [0.25, 0.3) is 5.91 Å². The molecule has 9 heteroatoms. The van der Waals surface area contributed by atoms with Crippen molar-refractivity contribution in [2.24, 2.45) is 18.7 Å². The van der Waals surface area contributed by atoms with Gasteiger partial charge in [0, 0.05) is 25.8 Å². The number of halogens is 2. The molecule has 0 spiro atoms. The number of thioether (sulfide) groups is 1. The highest BCUT2D eigenvalue weighted by molar-refractivity contribution is 7.98. The molecule has 122 valence electrons. The summed E-state index contributed by atoms with van der Waals surface area (Å²) in [7, 11) is 1.55. The van der Waals surface area contributed by atoms with Gasteiger partial charge in [0.05, 0.1) is 0 Å². The van der Waals surface area contributed by atoms with Crippen molar-refractivity contribution in [2.45, 2.75) is 36.6 Å². The number of nitrogens with zero attached hydrogens (tertiary/aromatic N) is 2. The predicted octanol–water partition coefficient (Wildman–Crippen LogP) is 2.00. The van der Waals surface area contributed by atoms with E-state index in [0.717, 1.165) is 0 Å². The number of nitrogens with two attached hydrogens (primary N) is 1. The number of carbonyl (C=O) groups is 2. The molecular weight excluding hydrogens is 314 g/mol. The fraction of sp³-hybridized carbons (Fsp3) is 0.615. The first-order valence-electron chi connectivity index (χ1n) is 6.84. The number of primary amides is 1. The Bertz CT molecular complexity index is 603. The van der Waals surface area contributed by atoms with Crippen molar-refractivity contribution in [3.8, 4) is 0 Å². The Morgan fingerprint density at radius 3 is 2.73 bits per heavy atom. The summed E-state index contributed by atoms with van der Waals surface area (Å²) < 4.78 is 28.2. The van der Waals surface area contributed by atoms with Crippen molar-refractivity contribution in [3.63, 3.8) is 0 Å². The summed E-state index contributed by atoms with van der Waals surface area (Å²) in [5, 5.41) is 7.02. The zero-order valence-corrected chi connectivity index (χ0v) is 13.2. The Morgan fingerprint density at radius 1 is 1.50 bits per heavy atom. The van der Waals surface area contributed by atoms with E-state index in [2.05, 4.69) is 10.4 Å². The summed E-state index contributed by atoms with van der Waals surface area (Å²) in [5.74, 6) is -4.70. The molecule has 1 saturated carbocycles. The molecule has 6 nitrogen and oxygen atoms in total. The van der Waals surface area contributed by atoms with E-state index in [0.29, 0.717) is 17.9 Å². The molecule has 1 heterocycles. The first-order chi connectivity index (χ1) is 10.2. The Hall–Kier alpha value is -1.64. The second-order valence-electron chi connectivity index (χ2n) is 5.36. The lowest BCUT2D eigenvalue weighted by Gasteiger charge is -2.28. The third-order valence-corrected chi connectivity index (χ3v) is 4.38. The van der Waals surface area contributed by atoms with E-state index in [1.54, 1.807) is 13.3 Å². The number of rotatable bonds is 4. The number of amides is 2. The average molecular weight is 332 g/mol. The van der Waals surface area contributed by atoms with Crippen LogP contribution in [0.15, 0.2) is 5.03 Å². The van der Waals surface area contributed by atoms with E-state index in [1.807, 2.05) is 0 Å². The standard InChI is InChI=1S/C13H18F2N4O2S/c1-19-10(8(9(16)20)12(18-19)22-2)17-11(21)7-4-3-5-13(14,15)6-7/h7H,3-6H2,1-2H3,(H2,16,20)(H,17,21)/t7-/m0/s1. The van der Waals surface area contributed by atoms with Gasteiger partial charge in [0.1, 0.15) is 16.4 Å². The molecular formula is C13H18F2N4O2S. The molecule has 0 bridgehead atoms. The van der Waals surface area contributed by atoms with Gasteiger partial charge in [-0.2, -0.15) is 5.10 Å². The summed E-state index contributed by atoms with van der Waals surface area (Å²) in [6.45, 7) is 0. The van der Waals surface area contributed by atoms with Gasteiger partial charge in [-0.15, -0.1) is 11.8 Å². The molecule has 1 fully saturated rings. The minimum absolute atomic E-state index is 0.103. The number of aromatic nitrogens is 2. The van der Waals surface area contributed by atoms with Crippen molar-refractivity contribution in [1.29, 1.82) is 0 Å². The van der Waals surface area contributed by atoms with E-state index in [9.17, 15) is 18.4 Å². The van der Waals surface area contributed by atoms with Gasteiger partial charge >= 0.3 is 0 Å². The molecule has 22 heavy (non-hydrogen) atoms. The van der Waals surface area contributed by atoms with Crippen LogP contribution in [0.2, 0.25) is 0 Å². The van der Waals surface area contributed by atoms with Crippen molar-refractivity contribution in [2.75, 3.05) is 11.6 Å². The number of nitrogens with one attached hydrogen (secondary N) is 1. The van der Waals surface area contributed by atoms with Crippen LogP contribution in [0.3, 0.4) is 0 Å². The maximum absolute atomic E-state index is 13.4. The quantitative estimate of drug-likeness (QED) is 0.825. The van der Waals surface area contributed by atoms with Gasteiger partial charge in [-0.05, 0) is 19.1 Å². The monoisotopic (exact) mass is 332 g/mol. The van der Waals surface area contributed by atoms with E-state index in [4.69, 9.17) is 5.73 Å². The second-order valence-corrected chi connectivity index (χ2v) is 6.15. The number of hydrogen-bond donors (Lipinski definition) is 2. The summed E-state index contributed by atoms with van der Waals surface area (Å²) >= 11 is 1.22. The number of alkyl halides is 2. The first-order valence-corrected chi connectivity index (χ1v) is 8.07. The zero-order valence-electron chi connectivity index (χ0n) is 12.4. The fourth-order valence-corrected chi connectivity index (χ4v) is 3.23. The molecule has 1 aromatic rings. The maximum Gasteiger partial charge on any atom is 0.255 e. The highest BCUT2D eigenvalue weighted by Crippen LogP contribution is 2.37. The van der Waals surface area contributed by atoms with Crippen molar-refractivity contribution in [1.82, 2.24) is 9.78 Å². The second kappa shape index (κ2) is 6.23. The van der Waals surface area contributed by atoms with Gasteiger partial charge in [-0.25, -0.2) is 8.78 Å². The van der Waals surface area contributed by atoms with Crippen LogP contribution in [-0.4, -0.2) is 33.8 Å². The van der Waals surface area contributed by atoms with E-state index >= 15 is 0 Å². The molecule has 0 radical (unpaired) electrons. The van der Waals surface area contributed by atoms with Gasteiger partial charge < -0.3 is 11.1 Å². The summed E-state index contributed by atoms with van der Waals surface area (Å²) in [6, 6.07) is 0. The summed E-state index contributed by atoms with van der Waals surface area (Å²) in [4.78, 5) is 23.8. The molecule has 0 aliphatic heterocycles. The summed E-state index contributed by atoms with van der Waals surface area (Å²) in [6.07, 6.45) is 1.77. The molecule has 0 saturated heterocycles. The van der Waals surface area contributed by atoms with Gasteiger partial charge in [0.2, 0.25) is 11.8 Å². The van der Waals surface area contributed by atoms with Gasteiger partial charge in [-0.1, -0.05) is 0 Å². The van der Waals surface area contributed by atoms with Gasteiger partial charge in [0.15, 0.2) is 0 Å². The topological polar surface area (TPSA) is 90.0 Å². The largest absolute Gasteiger partial charge is 0.365 e. The first kappa shape index (κ1) is 16.7. The van der Waals surface area contributed by atoms with E-state index in [1.165, 1.54) is 16.4 Å². The van der Waals surface area contributed by atoms with Crippen LogP contribution in [0.4, 0.5) is 14.6 Å². The van der Waals surface area contributed by atoms with E-state index < -0.39 is 30.1 Å². The van der Waals surface area contributed by atoms with Crippen LogP contribution >= 0.6 is 11.8 Å². The molecule has 0 aromatic carbocycles. The van der Waals surface area contributed by atoms with Crippen molar-refractivity contribution in [3.05, 3.63) is 5.56 Å². The zero-order chi connectivity index (χ0) is 16.5. The molecule has 1 aliphatic rings. The Kier molecular flexibility index (Phi) is 4.74. The Balaban J connectivity index is 2.22.